The molecule has 0 bridgehead atoms. The first-order chi connectivity index (χ1) is 13.0. The summed E-state index contributed by atoms with van der Waals surface area (Å²) in [5.41, 5.74) is 0.410. The number of hydrogen-bond acceptors (Lipinski definition) is 5. The Labute approximate surface area is 159 Å². The smallest absolute Gasteiger partial charge is 0.342 e. The first-order valence-electron chi connectivity index (χ1n) is 7.87. The number of halogens is 1. The molecule has 0 radical (unpaired) electrons. The molecule has 1 amide bonds. The van der Waals surface area contributed by atoms with Crippen LogP contribution in [0.3, 0.4) is 0 Å². The van der Waals surface area contributed by atoms with Crippen LogP contribution in [0.5, 0.6) is 5.75 Å². The van der Waals surface area contributed by atoms with Crippen LogP contribution in [0.4, 0.5) is 5.69 Å². The molecule has 2 N–H and O–H groups in total. The molecule has 7 heteroatoms. The molecule has 3 aromatic carbocycles. The highest BCUT2D eigenvalue weighted by Gasteiger charge is 2.17. The molecule has 0 unspecified atom stereocenters. The third-order valence-electron chi connectivity index (χ3n) is 3.83. The number of hydrogen-bond donors (Lipinski definition) is 2. The lowest BCUT2D eigenvalue weighted by Gasteiger charge is -2.10. The average Bonchev–Trinajstić information content (AvgIpc) is 2.67. The minimum absolute atomic E-state index is 0.0398. The number of aromatic hydroxyl groups is 1. The van der Waals surface area contributed by atoms with Crippen molar-refractivity contribution in [3.63, 3.8) is 0 Å². The standard InChI is InChI=1S/C20H13ClN2O4/c21-14-7-5-13(10-22)17(9-14)23-18(24)11-27-20(26)16-8-6-12-3-1-2-4-15(12)19(16)25/h1-9,25H,11H2,(H,23,24). The number of nitrogens with zero attached hydrogens (tertiary/aromatic N) is 1. The van der Waals surface area contributed by atoms with Crippen molar-refractivity contribution in [2.45, 2.75) is 0 Å². The summed E-state index contributed by atoms with van der Waals surface area (Å²) in [5.74, 6) is -1.68. The molecule has 0 aliphatic heterocycles. The first-order valence-corrected chi connectivity index (χ1v) is 8.24. The summed E-state index contributed by atoms with van der Waals surface area (Å²) in [4.78, 5) is 24.2. The van der Waals surface area contributed by atoms with Gasteiger partial charge < -0.3 is 15.2 Å². The van der Waals surface area contributed by atoms with Crippen molar-refractivity contribution in [2.75, 3.05) is 11.9 Å². The molecule has 6 nitrogen and oxygen atoms in total. The Kier molecular flexibility index (Phi) is 5.25. The Morgan fingerprint density at radius 3 is 2.70 bits per heavy atom. The molecule has 0 spiro atoms. The van der Waals surface area contributed by atoms with E-state index in [1.165, 1.54) is 24.3 Å². The lowest BCUT2D eigenvalue weighted by Crippen LogP contribution is -2.21. The van der Waals surface area contributed by atoms with Crippen LogP contribution in [0, 0.1) is 11.3 Å². The van der Waals surface area contributed by atoms with Crippen molar-refractivity contribution in [3.8, 4) is 11.8 Å². The Balaban J connectivity index is 1.69. The maximum Gasteiger partial charge on any atom is 0.342 e. The van der Waals surface area contributed by atoms with Gasteiger partial charge in [0.15, 0.2) is 6.61 Å². The van der Waals surface area contributed by atoms with E-state index < -0.39 is 18.5 Å². The Morgan fingerprint density at radius 2 is 1.93 bits per heavy atom. The Hall–Kier alpha value is -3.56. The van der Waals surface area contributed by atoms with Crippen LogP contribution in [0.15, 0.2) is 54.6 Å². The zero-order chi connectivity index (χ0) is 19.4. The summed E-state index contributed by atoms with van der Waals surface area (Å²) in [6, 6.07) is 16.5. The van der Waals surface area contributed by atoms with E-state index in [2.05, 4.69) is 5.32 Å². The predicted molar refractivity (Wildman–Crippen MR) is 101 cm³/mol. The summed E-state index contributed by atoms with van der Waals surface area (Å²) < 4.78 is 4.97. The maximum atomic E-state index is 12.2. The van der Waals surface area contributed by atoms with Gasteiger partial charge in [-0.15, -0.1) is 0 Å². The second-order valence-electron chi connectivity index (χ2n) is 5.61. The monoisotopic (exact) mass is 380 g/mol. The quantitative estimate of drug-likeness (QED) is 0.669. The molecule has 0 aliphatic carbocycles. The van der Waals surface area contributed by atoms with Gasteiger partial charge in [-0.3, -0.25) is 4.79 Å². The summed E-state index contributed by atoms with van der Waals surface area (Å²) in [7, 11) is 0. The SMILES string of the molecule is N#Cc1ccc(Cl)cc1NC(=O)COC(=O)c1ccc2ccccc2c1O. The molecule has 134 valence electrons. The average molecular weight is 381 g/mol. The number of ether oxygens (including phenoxy) is 1. The fourth-order valence-corrected chi connectivity index (χ4v) is 2.70. The van der Waals surface area contributed by atoms with Gasteiger partial charge in [-0.05, 0) is 29.7 Å². The van der Waals surface area contributed by atoms with Crippen LogP contribution in [0.1, 0.15) is 15.9 Å². The second-order valence-corrected chi connectivity index (χ2v) is 6.05. The normalized spacial score (nSPS) is 10.2. The van der Waals surface area contributed by atoms with Crippen LogP contribution >= 0.6 is 11.6 Å². The number of esters is 1. The van der Waals surface area contributed by atoms with Crippen molar-refractivity contribution in [1.29, 1.82) is 5.26 Å². The number of carbonyl (C=O) groups is 2. The highest BCUT2D eigenvalue weighted by atomic mass is 35.5. The van der Waals surface area contributed by atoms with E-state index in [0.717, 1.165) is 5.39 Å². The zero-order valence-corrected chi connectivity index (χ0v) is 14.7. The number of benzene rings is 3. The number of carbonyl (C=O) groups excluding carboxylic acids is 2. The second kappa shape index (κ2) is 7.77. The minimum Gasteiger partial charge on any atom is -0.506 e. The van der Waals surface area contributed by atoms with Crippen LogP contribution in [-0.2, 0) is 9.53 Å². The van der Waals surface area contributed by atoms with Crippen molar-refractivity contribution in [3.05, 3.63) is 70.7 Å². The van der Waals surface area contributed by atoms with E-state index in [9.17, 15) is 14.7 Å². The third kappa shape index (κ3) is 4.00. The molecule has 0 saturated heterocycles. The minimum atomic E-state index is -0.833. The van der Waals surface area contributed by atoms with E-state index in [0.29, 0.717) is 10.4 Å². The number of fused-ring (bicyclic) bond motifs is 1. The van der Waals surface area contributed by atoms with E-state index in [1.807, 2.05) is 12.1 Å². The van der Waals surface area contributed by atoms with Crippen LogP contribution in [-0.4, -0.2) is 23.6 Å². The largest absolute Gasteiger partial charge is 0.506 e. The topological polar surface area (TPSA) is 99.4 Å². The number of nitrogens with one attached hydrogen (secondary N) is 1. The predicted octanol–water partition coefficient (Wildman–Crippen LogP) is 3.87. The van der Waals surface area contributed by atoms with Crippen LogP contribution in [0.2, 0.25) is 5.02 Å². The van der Waals surface area contributed by atoms with Crippen molar-refractivity contribution in [2.24, 2.45) is 0 Å². The van der Waals surface area contributed by atoms with E-state index >= 15 is 0 Å². The molecule has 0 saturated carbocycles. The van der Waals surface area contributed by atoms with E-state index in [-0.39, 0.29) is 22.6 Å². The van der Waals surface area contributed by atoms with Crippen LogP contribution in [0.25, 0.3) is 10.8 Å². The molecule has 0 aliphatic rings. The van der Waals surface area contributed by atoms with Gasteiger partial charge in [-0.1, -0.05) is 41.9 Å². The molecule has 0 aromatic heterocycles. The summed E-state index contributed by atoms with van der Waals surface area (Å²) in [5, 5.41) is 23.4. The molecule has 0 heterocycles. The van der Waals surface area contributed by atoms with Crippen LogP contribution < -0.4 is 5.32 Å². The van der Waals surface area contributed by atoms with Crippen molar-refractivity contribution in [1.82, 2.24) is 0 Å². The van der Waals surface area contributed by atoms with Gasteiger partial charge in [-0.25, -0.2) is 4.79 Å². The molecule has 3 rings (SSSR count). The fourth-order valence-electron chi connectivity index (χ4n) is 2.53. The fraction of sp³-hybridized carbons (Fsp3) is 0.0500. The maximum absolute atomic E-state index is 12.2. The molecule has 0 atom stereocenters. The summed E-state index contributed by atoms with van der Waals surface area (Å²) >= 11 is 5.86. The lowest BCUT2D eigenvalue weighted by molar-refractivity contribution is -0.119. The summed E-state index contributed by atoms with van der Waals surface area (Å²) in [6.07, 6.45) is 0. The molecular weight excluding hydrogens is 368 g/mol. The molecular formula is C20H13ClN2O4. The van der Waals surface area contributed by atoms with Gasteiger partial charge in [0.2, 0.25) is 0 Å². The zero-order valence-electron chi connectivity index (χ0n) is 13.9. The first kappa shape index (κ1) is 18.2. The summed E-state index contributed by atoms with van der Waals surface area (Å²) in [6.45, 7) is -0.581. The highest BCUT2D eigenvalue weighted by molar-refractivity contribution is 6.31. The van der Waals surface area contributed by atoms with Gasteiger partial charge in [0.05, 0.1) is 11.3 Å². The van der Waals surface area contributed by atoms with E-state index in [4.69, 9.17) is 21.6 Å². The highest BCUT2D eigenvalue weighted by Crippen LogP contribution is 2.29. The number of nitriles is 1. The van der Waals surface area contributed by atoms with Gasteiger partial charge in [0.25, 0.3) is 5.91 Å². The lowest BCUT2D eigenvalue weighted by atomic mass is 10.1. The Morgan fingerprint density at radius 1 is 1.15 bits per heavy atom. The number of amides is 1. The van der Waals surface area contributed by atoms with Crippen molar-refractivity contribution >= 4 is 39.9 Å². The van der Waals surface area contributed by atoms with Gasteiger partial charge >= 0.3 is 5.97 Å². The number of phenols is 1. The number of phenolic OH excluding ortho intramolecular Hbond substituents is 1. The molecule has 0 fully saturated rings. The Bertz CT molecular complexity index is 1090. The van der Waals surface area contributed by atoms with E-state index in [1.54, 1.807) is 24.3 Å². The third-order valence-corrected chi connectivity index (χ3v) is 4.07. The number of rotatable bonds is 4. The van der Waals surface area contributed by atoms with Gasteiger partial charge in [0, 0.05) is 10.4 Å². The van der Waals surface area contributed by atoms with Crippen molar-refractivity contribution < 1.29 is 19.4 Å². The van der Waals surface area contributed by atoms with Gasteiger partial charge in [-0.2, -0.15) is 5.26 Å². The molecule has 27 heavy (non-hydrogen) atoms. The number of anilines is 1. The molecule has 3 aromatic rings. The van der Waals surface area contributed by atoms with Gasteiger partial charge in [0.1, 0.15) is 17.4 Å².